The Balaban J connectivity index is 1.34. The highest BCUT2D eigenvalue weighted by Gasteiger charge is 2.40. The Kier molecular flexibility index (Phi) is 3.83. The Labute approximate surface area is 135 Å². The van der Waals surface area contributed by atoms with E-state index in [9.17, 15) is 4.79 Å². The Hall–Kier alpha value is -1.85. The van der Waals surface area contributed by atoms with Crippen LogP contribution in [-0.4, -0.2) is 47.5 Å². The van der Waals surface area contributed by atoms with Crippen molar-refractivity contribution in [3.63, 3.8) is 0 Å². The fourth-order valence-electron chi connectivity index (χ4n) is 3.59. The lowest BCUT2D eigenvalue weighted by molar-refractivity contribution is -0.187. The molecule has 0 radical (unpaired) electrons. The van der Waals surface area contributed by atoms with E-state index in [4.69, 9.17) is 9.47 Å². The molecular formula is C18H22N2O3. The maximum atomic E-state index is 12.5. The van der Waals surface area contributed by atoms with Crippen LogP contribution in [0.5, 0.6) is 0 Å². The fourth-order valence-corrected chi connectivity index (χ4v) is 3.59. The highest BCUT2D eigenvalue weighted by atomic mass is 16.7. The summed E-state index contributed by atoms with van der Waals surface area (Å²) in [5.41, 5.74) is 1.19. The molecule has 23 heavy (non-hydrogen) atoms. The molecule has 122 valence electrons. The van der Waals surface area contributed by atoms with Crippen LogP contribution in [0.1, 0.15) is 19.3 Å². The Morgan fingerprint density at radius 3 is 2.61 bits per heavy atom. The van der Waals surface area contributed by atoms with E-state index in [1.165, 1.54) is 10.9 Å². The van der Waals surface area contributed by atoms with Crippen molar-refractivity contribution in [2.45, 2.75) is 31.6 Å². The van der Waals surface area contributed by atoms with Gasteiger partial charge in [-0.2, -0.15) is 0 Å². The summed E-state index contributed by atoms with van der Waals surface area (Å²) in [7, 11) is 0. The van der Waals surface area contributed by atoms with Gasteiger partial charge in [0.1, 0.15) is 0 Å². The SMILES string of the molecule is O=C(CCn1ccc2ccccc21)N1CCC2(CC1)OCCO2. The van der Waals surface area contributed by atoms with Gasteiger partial charge in [0.25, 0.3) is 0 Å². The number of aromatic nitrogens is 1. The minimum atomic E-state index is -0.409. The number of para-hydroxylation sites is 1. The number of carbonyl (C=O) groups is 1. The minimum Gasteiger partial charge on any atom is -0.347 e. The van der Waals surface area contributed by atoms with E-state index < -0.39 is 5.79 Å². The average molecular weight is 314 g/mol. The van der Waals surface area contributed by atoms with E-state index in [1.54, 1.807) is 0 Å². The summed E-state index contributed by atoms with van der Waals surface area (Å²) in [5.74, 6) is -0.191. The summed E-state index contributed by atoms with van der Waals surface area (Å²) in [6, 6.07) is 10.4. The van der Waals surface area contributed by atoms with Gasteiger partial charge in [0.2, 0.25) is 5.91 Å². The van der Waals surface area contributed by atoms with Crippen LogP contribution >= 0.6 is 0 Å². The molecule has 2 aliphatic rings. The van der Waals surface area contributed by atoms with Crippen molar-refractivity contribution in [3.05, 3.63) is 36.5 Å². The van der Waals surface area contributed by atoms with Gasteiger partial charge in [-0.1, -0.05) is 18.2 Å². The number of ether oxygens (including phenoxy) is 2. The van der Waals surface area contributed by atoms with Crippen molar-refractivity contribution in [1.29, 1.82) is 0 Å². The molecule has 0 N–H and O–H groups in total. The number of rotatable bonds is 3. The van der Waals surface area contributed by atoms with Crippen molar-refractivity contribution in [2.75, 3.05) is 26.3 Å². The number of piperidine rings is 1. The van der Waals surface area contributed by atoms with E-state index >= 15 is 0 Å². The number of hydrogen-bond acceptors (Lipinski definition) is 3. The standard InChI is InChI=1S/C18H22N2O3/c21-17(20-11-7-18(8-12-20)22-13-14-23-18)6-10-19-9-5-15-3-1-2-4-16(15)19/h1-5,9H,6-8,10-14H2. The van der Waals surface area contributed by atoms with Crippen LogP contribution in [0.15, 0.2) is 36.5 Å². The summed E-state index contributed by atoms with van der Waals surface area (Å²) < 4.78 is 13.6. The highest BCUT2D eigenvalue weighted by Crippen LogP contribution is 2.31. The van der Waals surface area contributed by atoms with E-state index in [2.05, 4.69) is 29.0 Å². The number of fused-ring (bicyclic) bond motifs is 1. The monoisotopic (exact) mass is 314 g/mol. The van der Waals surface area contributed by atoms with Crippen LogP contribution in [-0.2, 0) is 20.8 Å². The van der Waals surface area contributed by atoms with Gasteiger partial charge in [-0.25, -0.2) is 0 Å². The normalized spacial score (nSPS) is 20.4. The second kappa shape index (κ2) is 5.98. The predicted molar refractivity (Wildman–Crippen MR) is 87.0 cm³/mol. The van der Waals surface area contributed by atoms with E-state index in [0.29, 0.717) is 19.6 Å². The first-order chi connectivity index (χ1) is 11.3. The third kappa shape index (κ3) is 2.86. The zero-order valence-corrected chi connectivity index (χ0v) is 13.2. The number of nitrogens with zero attached hydrogens (tertiary/aromatic N) is 2. The summed E-state index contributed by atoms with van der Waals surface area (Å²) in [5, 5.41) is 1.22. The second-order valence-corrected chi connectivity index (χ2v) is 6.31. The average Bonchev–Trinajstić information content (AvgIpc) is 3.21. The van der Waals surface area contributed by atoms with Crippen molar-refractivity contribution in [2.24, 2.45) is 0 Å². The van der Waals surface area contributed by atoms with Crippen molar-refractivity contribution in [3.8, 4) is 0 Å². The molecule has 1 amide bonds. The maximum absolute atomic E-state index is 12.5. The number of amides is 1. The second-order valence-electron chi connectivity index (χ2n) is 6.31. The number of benzene rings is 1. The lowest BCUT2D eigenvalue weighted by Crippen LogP contribution is -2.47. The molecule has 1 aromatic carbocycles. The lowest BCUT2D eigenvalue weighted by atomic mass is 10.0. The summed E-state index contributed by atoms with van der Waals surface area (Å²) in [6.45, 7) is 3.53. The van der Waals surface area contributed by atoms with Gasteiger partial charge in [-0.05, 0) is 17.5 Å². The van der Waals surface area contributed by atoms with Crippen LogP contribution in [0.25, 0.3) is 10.9 Å². The van der Waals surface area contributed by atoms with Gasteiger partial charge in [-0.3, -0.25) is 4.79 Å². The summed E-state index contributed by atoms with van der Waals surface area (Å²) in [6.07, 6.45) is 4.16. The first-order valence-electron chi connectivity index (χ1n) is 8.35. The van der Waals surface area contributed by atoms with Crippen LogP contribution < -0.4 is 0 Å². The van der Waals surface area contributed by atoms with Gasteiger partial charge in [0, 0.05) is 50.6 Å². The molecule has 0 saturated carbocycles. The summed E-state index contributed by atoms with van der Waals surface area (Å²) >= 11 is 0. The quantitative estimate of drug-likeness (QED) is 0.874. The molecule has 2 fully saturated rings. The smallest absolute Gasteiger partial charge is 0.224 e. The maximum Gasteiger partial charge on any atom is 0.224 e. The highest BCUT2D eigenvalue weighted by molar-refractivity contribution is 5.80. The first kappa shape index (κ1) is 14.7. The molecule has 1 aromatic heterocycles. The van der Waals surface area contributed by atoms with Crippen LogP contribution in [0.3, 0.4) is 0 Å². The fraction of sp³-hybridized carbons (Fsp3) is 0.500. The molecule has 0 unspecified atom stereocenters. The number of hydrogen-bond donors (Lipinski definition) is 0. The third-order valence-corrected chi connectivity index (χ3v) is 4.94. The van der Waals surface area contributed by atoms with E-state index in [1.807, 2.05) is 17.0 Å². The number of carbonyl (C=O) groups excluding carboxylic acids is 1. The summed E-state index contributed by atoms with van der Waals surface area (Å²) in [4.78, 5) is 14.4. The molecule has 3 heterocycles. The van der Waals surface area contributed by atoms with Crippen molar-refractivity contribution >= 4 is 16.8 Å². The van der Waals surface area contributed by atoms with Crippen LogP contribution in [0.2, 0.25) is 0 Å². The molecule has 0 aliphatic carbocycles. The van der Waals surface area contributed by atoms with Gasteiger partial charge in [-0.15, -0.1) is 0 Å². The predicted octanol–water partition coefficient (Wildman–Crippen LogP) is 2.40. The van der Waals surface area contributed by atoms with Crippen molar-refractivity contribution in [1.82, 2.24) is 9.47 Å². The Morgan fingerprint density at radius 1 is 1.09 bits per heavy atom. The first-order valence-corrected chi connectivity index (χ1v) is 8.35. The van der Waals surface area contributed by atoms with Crippen LogP contribution in [0.4, 0.5) is 0 Å². The molecule has 2 aliphatic heterocycles. The molecular weight excluding hydrogens is 292 g/mol. The molecule has 4 rings (SSSR count). The number of aryl methyl sites for hydroxylation is 1. The largest absolute Gasteiger partial charge is 0.347 e. The molecule has 0 bridgehead atoms. The Morgan fingerprint density at radius 2 is 1.83 bits per heavy atom. The van der Waals surface area contributed by atoms with E-state index in [0.717, 1.165) is 32.5 Å². The molecule has 2 aromatic rings. The van der Waals surface area contributed by atoms with Crippen LogP contribution in [0, 0.1) is 0 Å². The van der Waals surface area contributed by atoms with Gasteiger partial charge >= 0.3 is 0 Å². The molecule has 5 nitrogen and oxygen atoms in total. The topological polar surface area (TPSA) is 43.7 Å². The zero-order valence-electron chi connectivity index (χ0n) is 13.2. The molecule has 1 spiro atoms. The third-order valence-electron chi connectivity index (χ3n) is 4.94. The van der Waals surface area contributed by atoms with Gasteiger partial charge < -0.3 is 18.9 Å². The lowest BCUT2D eigenvalue weighted by Gasteiger charge is -2.37. The molecule has 5 heteroatoms. The van der Waals surface area contributed by atoms with Gasteiger partial charge in [0.15, 0.2) is 5.79 Å². The Bertz CT molecular complexity index is 693. The minimum absolute atomic E-state index is 0.218. The van der Waals surface area contributed by atoms with Gasteiger partial charge in [0.05, 0.1) is 13.2 Å². The van der Waals surface area contributed by atoms with Crippen molar-refractivity contribution < 1.29 is 14.3 Å². The molecule has 2 saturated heterocycles. The molecule has 0 atom stereocenters. The zero-order chi connectivity index (χ0) is 15.7. The number of likely N-dealkylation sites (tertiary alicyclic amines) is 1. The van der Waals surface area contributed by atoms with E-state index in [-0.39, 0.29) is 5.91 Å².